The van der Waals surface area contributed by atoms with Crippen molar-refractivity contribution in [1.29, 1.82) is 0 Å². The smallest absolute Gasteiger partial charge is 0.343 e. The summed E-state index contributed by atoms with van der Waals surface area (Å²) >= 11 is 1.68. The molecule has 1 atom stereocenters. The SMILES string of the molecule is Cc1nc(CN2CCC3(C2)Cn2c(n[nH]c2=O)CO3)cs1. The normalized spacial score (nSPS) is 25.6. The molecule has 21 heavy (non-hydrogen) atoms. The third-order valence-corrected chi connectivity index (χ3v) is 5.06. The van der Waals surface area contributed by atoms with Crippen LogP contribution in [0.1, 0.15) is 22.9 Å². The Morgan fingerprint density at radius 1 is 1.52 bits per heavy atom. The summed E-state index contributed by atoms with van der Waals surface area (Å²) in [6.07, 6.45) is 0.938. The van der Waals surface area contributed by atoms with Crippen molar-refractivity contribution in [3.63, 3.8) is 0 Å². The lowest BCUT2D eigenvalue weighted by atomic mass is 10.0. The Morgan fingerprint density at radius 3 is 3.24 bits per heavy atom. The van der Waals surface area contributed by atoms with E-state index in [-0.39, 0.29) is 11.3 Å². The number of likely N-dealkylation sites (tertiary alicyclic amines) is 1. The molecule has 0 bridgehead atoms. The lowest BCUT2D eigenvalue weighted by molar-refractivity contribution is -0.0833. The van der Waals surface area contributed by atoms with Gasteiger partial charge in [0, 0.05) is 25.0 Å². The van der Waals surface area contributed by atoms with Crippen LogP contribution in [0.15, 0.2) is 10.2 Å². The van der Waals surface area contributed by atoms with Gasteiger partial charge in [0.1, 0.15) is 12.2 Å². The molecule has 2 aliphatic heterocycles. The minimum Gasteiger partial charge on any atom is -0.364 e. The maximum absolute atomic E-state index is 11.7. The molecule has 112 valence electrons. The number of aromatic nitrogens is 4. The van der Waals surface area contributed by atoms with Gasteiger partial charge < -0.3 is 4.74 Å². The van der Waals surface area contributed by atoms with Gasteiger partial charge in [-0.2, -0.15) is 5.10 Å². The molecule has 8 heteroatoms. The maximum Gasteiger partial charge on any atom is 0.343 e. The summed E-state index contributed by atoms with van der Waals surface area (Å²) in [6.45, 7) is 5.67. The average Bonchev–Trinajstić information content (AvgIpc) is 3.14. The van der Waals surface area contributed by atoms with E-state index in [1.807, 2.05) is 6.92 Å². The Balaban J connectivity index is 1.49. The summed E-state index contributed by atoms with van der Waals surface area (Å²) in [5.74, 6) is 0.694. The Kier molecular flexibility index (Phi) is 2.98. The van der Waals surface area contributed by atoms with Gasteiger partial charge in [-0.25, -0.2) is 14.9 Å². The number of ether oxygens (including phenoxy) is 1. The Labute approximate surface area is 125 Å². The molecule has 0 amide bonds. The van der Waals surface area contributed by atoms with E-state index in [0.717, 1.165) is 36.8 Å². The fourth-order valence-electron chi connectivity index (χ4n) is 3.19. The molecule has 2 aromatic rings. The van der Waals surface area contributed by atoms with Crippen molar-refractivity contribution in [3.05, 3.63) is 32.4 Å². The van der Waals surface area contributed by atoms with E-state index in [4.69, 9.17) is 4.74 Å². The van der Waals surface area contributed by atoms with Crippen LogP contribution in [0.3, 0.4) is 0 Å². The highest BCUT2D eigenvalue weighted by molar-refractivity contribution is 7.09. The van der Waals surface area contributed by atoms with E-state index in [2.05, 4.69) is 25.5 Å². The van der Waals surface area contributed by atoms with Gasteiger partial charge in [0.25, 0.3) is 0 Å². The minimum atomic E-state index is -0.258. The molecule has 4 rings (SSSR count). The number of H-pyrrole nitrogens is 1. The van der Waals surface area contributed by atoms with Crippen LogP contribution >= 0.6 is 11.3 Å². The van der Waals surface area contributed by atoms with E-state index >= 15 is 0 Å². The Morgan fingerprint density at radius 2 is 2.43 bits per heavy atom. The summed E-state index contributed by atoms with van der Waals surface area (Å²) in [6, 6.07) is 0. The van der Waals surface area contributed by atoms with Crippen LogP contribution in [0.5, 0.6) is 0 Å². The Bertz CT molecular complexity index is 720. The van der Waals surface area contributed by atoms with Gasteiger partial charge in [-0.1, -0.05) is 0 Å². The number of nitrogens with one attached hydrogen (secondary N) is 1. The van der Waals surface area contributed by atoms with E-state index in [0.29, 0.717) is 19.0 Å². The quantitative estimate of drug-likeness (QED) is 0.875. The fourth-order valence-corrected chi connectivity index (χ4v) is 3.80. The van der Waals surface area contributed by atoms with Crippen molar-refractivity contribution in [3.8, 4) is 0 Å². The van der Waals surface area contributed by atoms with Crippen molar-refractivity contribution in [2.75, 3.05) is 13.1 Å². The number of aryl methyl sites for hydroxylation is 1. The molecule has 1 N–H and O–H groups in total. The van der Waals surface area contributed by atoms with Crippen molar-refractivity contribution < 1.29 is 4.74 Å². The highest BCUT2D eigenvalue weighted by Crippen LogP contribution is 2.31. The summed E-state index contributed by atoms with van der Waals surface area (Å²) in [4.78, 5) is 18.6. The van der Waals surface area contributed by atoms with Crippen LogP contribution < -0.4 is 5.69 Å². The standard InChI is InChI=1S/C13H17N5O2S/c1-9-14-10(6-21-9)4-17-3-2-13(7-17)8-18-11(5-20-13)15-16-12(18)19/h6H,2-5,7-8H2,1H3,(H,16,19). The van der Waals surface area contributed by atoms with Gasteiger partial charge >= 0.3 is 5.69 Å². The van der Waals surface area contributed by atoms with Crippen molar-refractivity contribution in [2.45, 2.75) is 38.6 Å². The van der Waals surface area contributed by atoms with Gasteiger partial charge in [0.15, 0.2) is 5.82 Å². The number of hydrogen-bond donors (Lipinski definition) is 1. The van der Waals surface area contributed by atoms with Crippen LogP contribution in [-0.2, 0) is 24.4 Å². The largest absolute Gasteiger partial charge is 0.364 e. The van der Waals surface area contributed by atoms with Gasteiger partial charge in [-0.3, -0.25) is 9.47 Å². The lowest BCUT2D eigenvalue weighted by Crippen LogP contribution is -2.46. The summed E-state index contributed by atoms with van der Waals surface area (Å²) < 4.78 is 7.75. The van der Waals surface area contributed by atoms with E-state index in [1.165, 1.54) is 0 Å². The highest BCUT2D eigenvalue weighted by Gasteiger charge is 2.43. The number of nitrogens with zero attached hydrogens (tertiary/aromatic N) is 4. The van der Waals surface area contributed by atoms with E-state index < -0.39 is 0 Å². The third-order valence-electron chi connectivity index (χ3n) is 4.24. The molecule has 1 fully saturated rings. The molecule has 2 aromatic heterocycles. The molecular weight excluding hydrogens is 290 g/mol. The maximum atomic E-state index is 11.7. The second-order valence-electron chi connectivity index (χ2n) is 5.82. The molecule has 0 aromatic carbocycles. The predicted octanol–water partition coefficient (Wildman–Crippen LogP) is 0.511. The molecule has 2 aliphatic rings. The predicted molar refractivity (Wildman–Crippen MR) is 77.1 cm³/mol. The third kappa shape index (κ3) is 2.33. The second-order valence-corrected chi connectivity index (χ2v) is 6.88. The van der Waals surface area contributed by atoms with Gasteiger partial charge in [0.05, 0.1) is 17.2 Å². The van der Waals surface area contributed by atoms with Gasteiger partial charge in [0.2, 0.25) is 0 Å². The number of fused-ring (bicyclic) bond motifs is 1. The summed E-state index contributed by atoms with van der Waals surface area (Å²) in [7, 11) is 0. The van der Waals surface area contributed by atoms with E-state index in [9.17, 15) is 4.79 Å². The fraction of sp³-hybridized carbons (Fsp3) is 0.615. The first-order valence-corrected chi connectivity index (χ1v) is 7.93. The number of rotatable bonds is 2. The number of hydrogen-bond acceptors (Lipinski definition) is 6. The summed E-state index contributed by atoms with van der Waals surface area (Å²) in [5.41, 5.74) is 0.721. The average molecular weight is 307 g/mol. The first-order valence-electron chi connectivity index (χ1n) is 7.05. The van der Waals surface area contributed by atoms with Crippen molar-refractivity contribution >= 4 is 11.3 Å². The lowest BCUT2D eigenvalue weighted by Gasteiger charge is -2.33. The van der Waals surface area contributed by atoms with E-state index in [1.54, 1.807) is 15.9 Å². The van der Waals surface area contributed by atoms with Gasteiger partial charge in [-0.15, -0.1) is 11.3 Å². The number of aromatic amines is 1. The first kappa shape index (κ1) is 13.2. The van der Waals surface area contributed by atoms with Gasteiger partial charge in [-0.05, 0) is 13.3 Å². The van der Waals surface area contributed by atoms with Crippen LogP contribution in [0.25, 0.3) is 0 Å². The first-order chi connectivity index (χ1) is 10.1. The molecule has 4 heterocycles. The zero-order valence-corrected chi connectivity index (χ0v) is 12.7. The molecule has 0 aliphatic carbocycles. The van der Waals surface area contributed by atoms with Crippen LogP contribution in [0.2, 0.25) is 0 Å². The topological polar surface area (TPSA) is 76.0 Å². The molecule has 0 saturated carbocycles. The molecule has 1 saturated heterocycles. The zero-order chi connectivity index (χ0) is 14.4. The zero-order valence-electron chi connectivity index (χ0n) is 11.8. The molecule has 7 nitrogen and oxygen atoms in total. The molecule has 1 unspecified atom stereocenters. The second kappa shape index (κ2) is 4.75. The Hall–Kier alpha value is -1.51. The molecule has 1 spiro atoms. The van der Waals surface area contributed by atoms with Crippen LogP contribution in [0.4, 0.5) is 0 Å². The summed E-state index contributed by atoms with van der Waals surface area (Å²) in [5, 5.41) is 9.68. The van der Waals surface area contributed by atoms with Crippen LogP contribution in [0, 0.1) is 6.92 Å². The number of thiazole rings is 1. The molecule has 0 radical (unpaired) electrons. The minimum absolute atomic E-state index is 0.138. The monoisotopic (exact) mass is 307 g/mol. The van der Waals surface area contributed by atoms with Crippen LogP contribution in [-0.4, -0.2) is 43.3 Å². The highest BCUT2D eigenvalue weighted by atomic mass is 32.1. The van der Waals surface area contributed by atoms with Crippen molar-refractivity contribution in [1.82, 2.24) is 24.6 Å². The van der Waals surface area contributed by atoms with Crippen molar-refractivity contribution in [2.24, 2.45) is 0 Å². The molecular formula is C13H17N5O2S.